The molecular weight excluding hydrogens is 330 g/mol. The number of nitrogens with one attached hydrogen (secondary N) is 1. The van der Waals surface area contributed by atoms with Crippen molar-refractivity contribution in [2.24, 2.45) is 0 Å². The van der Waals surface area contributed by atoms with E-state index in [1.165, 1.54) is 0 Å². The molecule has 0 aromatic heterocycles. The van der Waals surface area contributed by atoms with Crippen molar-refractivity contribution in [1.82, 2.24) is 0 Å². The molecule has 0 aliphatic rings. The van der Waals surface area contributed by atoms with E-state index in [-0.39, 0.29) is 5.91 Å². The maximum absolute atomic E-state index is 13.8. The molecular formula is C25H27NO. The van der Waals surface area contributed by atoms with Gasteiger partial charge in [-0.2, -0.15) is 0 Å². The molecule has 3 aromatic rings. The van der Waals surface area contributed by atoms with Gasteiger partial charge in [0.05, 0.1) is 5.41 Å². The molecule has 0 saturated carbocycles. The summed E-state index contributed by atoms with van der Waals surface area (Å²) in [5.41, 5.74) is 4.41. The number of carbonyl (C=O) groups excluding carboxylic acids is 1. The minimum Gasteiger partial charge on any atom is -0.325 e. The Hall–Kier alpha value is -2.87. The Morgan fingerprint density at radius 3 is 1.70 bits per heavy atom. The van der Waals surface area contributed by atoms with Crippen LogP contribution in [0.2, 0.25) is 0 Å². The number of benzene rings is 3. The van der Waals surface area contributed by atoms with E-state index in [9.17, 15) is 4.79 Å². The van der Waals surface area contributed by atoms with E-state index in [1.54, 1.807) is 0 Å². The van der Waals surface area contributed by atoms with Gasteiger partial charge < -0.3 is 5.32 Å². The predicted molar refractivity (Wildman–Crippen MR) is 113 cm³/mol. The number of para-hydroxylation sites is 1. The molecule has 0 aliphatic carbocycles. The van der Waals surface area contributed by atoms with Gasteiger partial charge in [0.15, 0.2) is 0 Å². The first-order chi connectivity index (χ1) is 13.1. The number of hydrogen-bond acceptors (Lipinski definition) is 1. The number of amides is 1. The molecule has 2 nitrogen and oxygen atoms in total. The molecule has 3 rings (SSSR count). The quantitative estimate of drug-likeness (QED) is 0.573. The summed E-state index contributed by atoms with van der Waals surface area (Å²) in [7, 11) is 0. The van der Waals surface area contributed by atoms with Gasteiger partial charge in [0.1, 0.15) is 0 Å². The van der Waals surface area contributed by atoms with Gasteiger partial charge in [-0.05, 0) is 42.5 Å². The zero-order valence-electron chi connectivity index (χ0n) is 16.3. The van der Waals surface area contributed by atoms with Gasteiger partial charge in [-0.1, -0.05) is 92.2 Å². The molecule has 138 valence electrons. The highest BCUT2D eigenvalue weighted by Crippen LogP contribution is 2.38. The fourth-order valence-corrected chi connectivity index (χ4v) is 3.88. The highest BCUT2D eigenvalue weighted by atomic mass is 16.2. The van der Waals surface area contributed by atoms with Gasteiger partial charge >= 0.3 is 0 Å². The Morgan fingerprint density at radius 1 is 0.778 bits per heavy atom. The summed E-state index contributed by atoms with van der Waals surface area (Å²) >= 11 is 0. The van der Waals surface area contributed by atoms with Crippen LogP contribution < -0.4 is 5.32 Å². The Balaban J connectivity index is 2.16. The number of hydrogen-bond donors (Lipinski definition) is 1. The van der Waals surface area contributed by atoms with Crippen LogP contribution in [0.4, 0.5) is 5.69 Å². The first kappa shape index (κ1) is 18.9. The van der Waals surface area contributed by atoms with Crippen LogP contribution in [0.1, 0.15) is 42.0 Å². The minimum absolute atomic E-state index is 0.0270. The lowest BCUT2D eigenvalue weighted by Gasteiger charge is -2.34. The van der Waals surface area contributed by atoms with Crippen molar-refractivity contribution < 1.29 is 4.79 Å². The average molecular weight is 357 g/mol. The standard InChI is InChI=1S/C25H27NO/c1-4-18-25(21-14-7-5-8-15-21,22-16-9-6-10-17-22)24(27)26-23-19(2)12-11-13-20(23)3/h5-17H,4,18H2,1-3H3,(H,26,27). The molecule has 0 saturated heterocycles. The lowest BCUT2D eigenvalue weighted by atomic mass is 9.70. The Kier molecular flexibility index (Phi) is 5.75. The fourth-order valence-electron chi connectivity index (χ4n) is 3.88. The summed E-state index contributed by atoms with van der Waals surface area (Å²) < 4.78 is 0. The van der Waals surface area contributed by atoms with E-state index in [0.29, 0.717) is 0 Å². The third-order valence-corrected chi connectivity index (χ3v) is 5.27. The number of carbonyl (C=O) groups is 1. The van der Waals surface area contributed by atoms with Crippen molar-refractivity contribution in [2.75, 3.05) is 5.32 Å². The van der Waals surface area contributed by atoms with Crippen molar-refractivity contribution >= 4 is 11.6 Å². The highest BCUT2D eigenvalue weighted by Gasteiger charge is 2.41. The largest absolute Gasteiger partial charge is 0.325 e. The second-order valence-corrected chi connectivity index (χ2v) is 7.11. The molecule has 1 amide bonds. The topological polar surface area (TPSA) is 29.1 Å². The van der Waals surface area contributed by atoms with E-state index in [1.807, 2.05) is 68.4 Å². The van der Waals surface area contributed by atoms with Crippen LogP contribution in [0.5, 0.6) is 0 Å². The summed E-state index contributed by atoms with van der Waals surface area (Å²) in [5.74, 6) is 0.0270. The summed E-state index contributed by atoms with van der Waals surface area (Å²) in [5, 5.41) is 3.26. The molecule has 0 spiro atoms. The van der Waals surface area contributed by atoms with Crippen molar-refractivity contribution in [3.63, 3.8) is 0 Å². The van der Waals surface area contributed by atoms with Crippen molar-refractivity contribution in [2.45, 2.75) is 39.0 Å². The van der Waals surface area contributed by atoms with E-state index >= 15 is 0 Å². The third-order valence-electron chi connectivity index (χ3n) is 5.27. The first-order valence-corrected chi connectivity index (χ1v) is 9.58. The van der Waals surface area contributed by atoms with Crippen LogP contribution in [-0.2, 0) is 10.2 Å². The Labute approximate surface area is 162 Å². The Bertz CT molecular complexity index is 840. The smallest absolute Gasteiger partial charge is 0.239 e. The van der Waals surface area contributed by atoms with Crippen LogP contribution in [0.15, 0.2) is 78.9 Å². The summed E-state index contributed by atoms with van der Waals surface area (Å²) in [6, 6.07) is 26.4. The molecule has 27 heavy (non-hydrogen) atoms. The second kappa shape index (κ2) is 8.22. The van der Waals surface area contributed by atoms with Gasteiger partial charge in [0, 0.05) is 5.69 Å². The summed E-state index contributed by atoms with van der Waals surface area (Å²) in [6.07, 6.45) is 1.65. The maximum atomic E-state index is 13.8. The summed E-state index contributed by atoms with van der Waals surface area (Å²) in [4.78, 5) is 13.8. The molecule has 0 bridgehead atoms. The molecule has 1 N–H and O–H groups in total. The molecule has 0 atom stereocenters. The lowest BCUT2D eigenvalue weighted by Crippen LogP contribution is -2.41. The molecule has 0 heterocycles. The van der Waals surface area contributed by atoms with Crippen LogP contribution in [0.3, 0.4) is 0 Å². The number of anilines is 1. The van der Waals surface area contributed by atoms with Crippen molar-refractivity contribution in [3.05, 3.63) is 101 Å². The van der Waals surface area contributed by atoms with Gasteiger partial charge in [-0.15, -0.1) is 0 Å². The van der Waals surface area contributed by atoms with Crippen LogP contribution >= 0.6 is 0 Å². The van der Waals surface area contributed by atoms with E-state index in [0.717, 1.165) is 40.8 Å². The van der Waals surface area contributed by atoms with Gasteiger partial charge in [0.25, 0.3) is 0 Å². The molecule has 0 unspecified atom stereocenters. The lowest BCUT2D eigenvalue weighted by molar-refractivity contribution is -0.120. The highest BCUT2D eigenvalue weighted by molar-refractivity contribution is 6.02. The number of rotatable bonds is 6. The fraction of sp³-hybridized carbons (Fsp3) is 0.240. The van der Waals surface area contributed by atoms with Crippen LogP contribution in [0.25, 0.3) is 0 Å². The third kappa shape index (κ3) is 3.66. The van der Waals surface area contributed by atoms with Crippen molar-refractivity contribution in [3.8, 4) is 0 Å². The van der Waals surface area contributed by atoms with Crippen LogP contribution in [-0.4, -0.2) is 5.91 Å². The maximum Gasteiger partial charge on any atom is 0.239 e. The van der Waals surface area contributed by atoms with Crippen molar-refractivity contribution in [1.29, 1.82) is 0 Å². The molecule has 0 fully saturated rings. The molecule has 2 heteroatoms. The Morgan fingerprint density at radius 2 is 1.26 bits per heavy atom. The molecule has 3 aromatic carbocycles. The second-order valence-electron chi connectivity index (χ2n) is 7.11. The summed E-state index contributed by atoms with van der Waals surface area (Å²) in [6.45, 7) is 6.21. The van der Waals surface area contributed by atoms with Crippen LogP contribution in [0, 0.1) is 13.8 Å². The van der Waals surface area contributed by atoms with E-state index in [4.69, 9.17) is 0 Å². The molecule has 0 radical (unpaired) electrons. The number of aryl methyl sites for hydroxylation is 2. The first-order valence-electron chi connectivity index (χ1n) is 9.58. The zero-order valence-corrected chi connectivity index (χ0v) is 16.3. The van der Waals surface area contributed by atoms with E-state index in [2.05, 4.69) is 36.5 Å². The minimum atomic E-state index is -0.716. The SMILES string of the molecule is CCCC(C(=O)Nc1c(C)cccc1C)(c1ccccc1)c1ccccc1. The zero-order chi connectivity index (χ0) is 19.3. The average Bonchev–Trinajstić information content (AvgIpc) is 2.70. The predicted octanol–water partition coefficient (Wildman–Crippen LogP) is 6.03. The van der Waals surface area contributed by atoms with E-state index < -0.39 is 5.41 Å². The van der Waals surface area contributed by atoms with Gasteiger partial charge in [-0.25, -0.2) is 0 Å². The monoisotopic (exact) mass is 357 g/mol. The normalized spacial score (nSPS) is 11.2. The van der Waals surface area contributed by atoms with Gasteiger partial charge in [0.2, 0.25) is 5.91 Å². The molecule has 0 aliphatic heterocycles. The van der Waals surface area contributed by atoms with Gasteiger partial charge in [-0.3, -0.25) is 4.79 Å².